The predicted molar refractivity (Wildman–Crippen MR) is 62.2 cm³/mol. The topological polar surface area (TPSA) is 41.6 Å². The highest BCUT2D eigenvalue weighted by molar-refractivity contribution is 5.79. The molecule has 0 aliphatic carbocycles. The molecular formula is C12H22N2O2. The quantitative estimate of drug-likeness (QED) is 0.750. The largest absolute Gasteiger partial charge is 0.381 e. The number of ether oxygens (including phenoxy) is 1. The average Bonchev–Trinajstić information content (AvgIpc) is 2.39. The Hall–Kier alpha value is -0.610. The van der Waals surface area contributed by atoms with Crippen molar-refractivity contribution in [1.82, 2.24) is 10.2 Å². The molecule has 2 aliphatic rings. The number of nitrogens with one attached hydrogen (secondary N) is 1. The summed E-state index contributed by atoms with van der Waals surface area (Å²) in [5, 5.41) is 3.28. The van der Waals surface area contributed by atoms with Gasteiger partial charge in [-0.25, -0.2) is 0 Å². The van der Waals surface area contributed by atoms with Crippen molar-refractivity contribution in [2.75, 3.05) is 33.4 Å². The third-order valence-corrected chi connectivity index (χ3v) is 3.79. The highest BCUT2D eigenvalue weighted by Crippen LogP contribution is 2.20. The SMILES string of the molecule is CNC1CCN(C(=O)C2CCOCC2)CC1. The molecule has 2 heterocycles. The van der Waals surface area contributed by atoms with Crippen LogP contribution < -0.4 is 5.32 Å². The lowest BCUT2D eigenvalue weighted by atomic mass is 9.96. The predicted octanol–water partition coefficient (Wildman–Crippen LogP) is 0.623. The number of hydrogen-bond acceptors (Lipinski definition) is 3. The van der Waals surface area contributed by atoms with Crippen LogP contribution in [0.25, 0.3) is 0 Å². The van der Waals surface area contributed by atoms with Crippen LogP contribution in [-0.2, 0) is 9.53 Å². The number of likely N-dealkylation sites (tertiary alicyclic amines) is 1. The van der Waals surface area contributed by atoms with Gasteiger partial charge in [-0.05, 0) is 32.7 Å². The first-order valence-corrected chi connectivity index (χ1v) is 6.35. The minimum absolute atomic E-state index is 0.222. The third kappa shape index (κ3) is 2.74. The first kappa shape index (κ1) is 11.9. The van der Waals surface area contributed by atoms with Gasteiger partial charge >= 0.3 is 0 Å². The summed E-state index contributed by atoms with van der Waals surface area (Å²) in [5.41, 5.74) is 0. The van der Waals surface area contributed by atoms with Crippen molar-refractivity contribution in [3.8, 4) is 0 Å². The lowest BCUT2D eigenvalue weighted by Crippen LogP contribution is -2.46. The number of rotatable bonds is 2. The molecule has 92 valence electrons. The second-order valence-corrected chi connectivity index (χ2v) is 4.77. The Morgan fingerprint density at radius 2 is 1.81 bits per heavy atom. The molecule has 2 rings (SSSR count). The van der Waals surface area contributed by atoms with E-state index in [1.54, 1.807) is 0 Å². The van der Waals surface area contributed by atoms with E-state index in [-0.39, 0.29) is 5.92 Å². The van der Waals surface area contributed by atoms with E-state index in [9.17, 15) is 4.79 Å². The molecule has 0 aromatic carbocycles. The highest BCUT2D eigenvalue weighted by atomic mass is 16.5. The Bertz CT molecular complexity index is 231. The molecule has 0 aromatic rings. The van der Waals surface area contributed by atoms with Crippen LogP contribution in [0.4, 0.5) is 0 Å². The van der Waals surface area contributed by atoms with Gasteiger partial charge in [-0.15, -0.1) is 0 Å². The highest BCUT2D eigenvalue weighted by Gasteiger charge is 2.28. The number of carbonyl (C=O) groups is 1. The monoisotopic (exact) mass is 226 g/mol. The molecule has 0 saturated carbocycles. The molecule has 4 nitrogen and oxygen atoms in total. The number of nitrogens with zero attached hydrogens (tertiary/aromatic N) is 1. The Labute approximate surface area is 97.3 Å². The summed E-state index contributed by atoms with van der Waals surface area (Å²) in [6, 6.07) is 0.596. The van der Waals surface area contributed by atoms with Gasteiger partial charge in [-0.1, -0.05) is 0 Å². The Morgan fingerprint density at radius 3 is 2.38 bits per heavy atom. The summed E-state index contributed by atoms with van der Waals surface area (Å²) in [7, 11) is 2.00. The van der Waals surface area contributed by atoms with Crippen LogP contribution in [0.15, 0.2) is 0 Å². The van der Waals surface area contributed by atoms with Crippen molar-refractivity contribution >= 4 is 5.91 Å². The Morgan fingerprint density at radius 1 is 1.19 bits per heavy atom. The van der Waals surface area contributed by atoms with Gasteiger partial charge in [-0.2, -0.15) is 0 Å². The maximum Gasteiger partial charge on any atom is 0.225 e. The molecule has 16 heavy (non-hydrogen) atoms. The van der Waals surface area contributed by atoms with Gasteiger partial charge in [0, 0.05) is 38.3 Å². The van der Waals surface area contributed by atoms with Gasteiger partial charge in [0.1, 0.15) is 0 Å². The summed E-state index contributed by atoms with van der Waals surface area (Å²) < 4.78 is 5.29. The van der Waals surface area contributed by atoms with Crippen molar-refractivity contribution in [1.29, 1.82) is 0 Å². The number of carbonyl (C=O) groups excluding carboxylic acids is 1. The van der Waals surface area contributed by atoms with Gasteiger partial charge < -0.3 is 15.0 Å². The van der Waals surface area contributed by atoms with Gasteiger partial charge in [0.05, 0.1) is 0 Å². The summed E-state index contributed by atoms with van der Waals surface area (Å²) in [5.74, 6) is 0.581. The fraction of sp³-hybridized carbons (Fsp3) is 0.917. The van der Waals surface area contributed by atoms with E-state index in [0.29, 0.717) is 11.9 Å². The van der Waals surface area contributed by atoms with E-state index in [1.807, 2.05) is 11.9 Å². The number of piperidine rings is 1. The molecule has 1 amide bonds. The minimum Gasteiger partial charge on any atom is -0.381 e. The van der Waals surface area contributed by atoms with Crippen LogP contribution in [-0.4, -0.2) is 50.2 Å². The average molecular weight is 226 g/mol. The Kier molecular flexibility index (Phi) is 4.18. The van der Waals surface area contributed by atoms with E-state index in [1.165, 1.54) is 0 Å². The molecular weight excluding hydrogens is 204 g/mol. The normalized spacial score (nSPS) is 24.7. The maximum atomic E-state index is 12.2. The summed E-state index contributed by atoms with van der Waals surface area (Å²) in [6.07, 6.45) is 3.99. The number of amides is 1. The molecule has 0 radical (unpaired) electrons. The molecule has 4 heteroatoms. The zero-order valence-corrected chi connectivity index (χ0v) is 10.1. The lowest BCUT2D eigenvalue weighted by Gasteiger charge is -2.35. The van der Waals surface area contributed by atoms with Crippen LogP contribution in [0, 0.1) is 5.92 Å². The van der Waals surface area contributed by atoms with Crippen molar-refractivity contribution in [3.05, 3.63) is 0 Å². The fourth-order valence-electron chi connectivity index (χ4n) is 2.59. The van der Waals surface area contributed by atoms with Crippen molar-refractivity contribution < 1.29 is 9.53 Å². The standard InChI is InChI=1S/C12H22N2O2/c1-13-11-2-6-14(7-3-11)12(15)10-4-8-16-9-5-10/h10-11,13H,2-9H2,1H3. The van der Waals surface area contributed by atoms with E-state index in [0.717, 1.165) is 52.0 Å². The second kappa shape index (κ2) is 5.64. The van der Waals surface area contributed by atoms with Gasteiger partial charge in [0.25, 0.3) is 0 Å². The molecule has 2 aliphatic heterocycles. The summed E-state index contributed by atoms with van der Waals surface area (Å²) in [6.45, 7) is 3.34. The smallest absolute Gasteiger partial charge is 0.225 e. The van der Waals surface area contributed by atoms with Gasteiger partial charge in [-0.3, -0.25) is 4.79 Å². The lowest BCUT2D eigenvalue weighted by molar-refractivity contribution is -0.139. The van der Waals surface area contributed by atoms with Crippen LogP contribution in [0.2, 0.25) is 0 Å². The van der Waals surface area contributed by atoms with Crippen molar-refractivity contribution in [2.45, 2.75) is 31.7 Å². The molecule has 2 fully saturated rings. The van der Waals surface area contributed by atoms with Crippen molar-refractivity contribution in [2.24, 2.45) is 5.92 Å². The molecule has 0 bridgehead atoms. The summed E-state index contributed by atoms with van der Waals surface area (Å²) in [4.78, 5) is 14.2. The van der Waals surface area contributed by atoms with Crippen molar-refractivity contribution in [3.63, 3.8) is 0 Å². The molecule has 0 atom stereocenters. The molecule has 1 N–H and O–H groups in total. The summed E-state index contributed by atoms with van der Waals surface area (Å²) >= 11 is 0. The first-order chi connectivity index (χ1) is 7.81. The van der Waals surface area contributed by atoms with Crippen LogP contribution in [0.1, 0.15) is 25.7 Å². The van der Waals surface area contributed by atoms with E-state index in [2.05, 4.69) is 5.32 Å². The maximum absolute atomic E-state index is 12.2. The molecule has 0 unspecified atom stereocenters. The fourth-order valence-corrected chi connectivity index (χ4v) is 2.59. The molecule has 0 aromatic heterocycles. The van der Waals surface area contributed by atoms with E-state index in [4.69, 9.17) is 4.74 Å². The third-order valence-electron chi connectivity index (χ3n) is 3.79. The number of hydrogen-bond donors (Lipinski definition) is 1. The Balaban J connectivity index is 1.81. The zero-order chi connectivity index (χ0) is 11.4. The van der Waals surface area contributed by atoms with Gasteiger partial charge in [0.2, 0.25) is 5.91 Å². The van der Waals surface area contributed by atoms with E-state index >= 15 is 0 Å². The first-order valence-electron chi connectivity index (χ1n) is 6.35. The zero-order valence-electron chi connectivity index (χ0n) is 10.1. The van der Waals surface area contributed by atoms with Gasteiger partial charge in [0.15, 0.2) is 0 Å². The van der Waals surface area contributed by atoms with Crippen LogP contribution in [0.5, 0.6) is 0 Å². The molecule has 0 spiro atoms. The second-order valence-electron chi connectivity index (χ2n) is 4.77. The minimum atomic E-state index is 0.222. The van der Waals surface area contributed by atoms with E-state index < -0.39 is 0 Å². The van der Waals surface area contributed by atoms with Crippen LogP contribution in [0.3, 0.4) is 0 Å². The van der Waals surface area contributed by atoms with Crippen LogP contribution >= 0.6 is 0 Å². The molecule has 2 saturated heterocycles.